The fourth-order valence-electron chi connectivity index (χ4n) is 2.68. The van der Waals surface area contributed by atoms with E-state index >= 15 is 0 Å². The molecule has 114 valence electrons. The molecule has 0 aliphatic carbocycles. The van der Waals surface area contributed by atoms with Crippen LogP contribution in [0.2, 0.25) is 0 Å². The molecule has 0 saturated carbocycles. The monoisotopic (exact) mass is 310 g/mol. The van der Waals surface area contributed by atoms with Gasteiger partial charge >= 0.3 is 5.97 Å². The number of hydrogen-bond donors (Lipinski definition) is 1. The predicted octanol–water partition coefficient (Wildman–Crippen LogP) is 2.23. The van der Waals surface area contributed by atoms with Crippen LogP contribution in [0.15, 0.2) is 34.7 Å². The van der Waals surface area contributed by atoms with Gasteiger partial charge in [-0.2, -0.15) is 0 Å². The lowest BCUT2D eigenvalue weighted by atomic mass is 10.1. The maximum atomic E-state index is 11.6. The second-order valence-electron chi connectivity index (χ2n) is 5.27. The second-order valence-corrected chi connectivity index (χ2v) is 5.27. The van der Waals surface area contributed by atoms with Crippen LogP contribution < -0.4 is 0 Å². The highest BCUT2D eigenvalue weighted by molar-refractivity contribution is 5.85. The van der Waals surface area contributed by atoms with E-state index in [0.717, 1.165) is 37.1 Å². The second kappa shape index (κ2) is 6.47. The number of halogens is 1. The minimum absolute atomic E-state index is 0. The van der Waals surface area contributed by atoms with Crippen LogP contribution in [-0.4, -0.2) is 54.1 Å². The largest absolute Gasteiger partial charge is 0.480 e. The Bertz CT molecular complexity index is 587. The number of para-hydroxylation sites is 1. The lowest BCUT2D eigenvalue weighted by molar-refractivity contribution is -0.145. The van der Waals surface area contributed by atoms with E-state index < -0.39 is 12.0 Å². The first-order valence-electron chi connectivity index (χ1n) is 6.79. The van der Waals surface area contributed by atoms with Crippen LogP contribution in [-0.2, 0) is 4.79 Å². The van der Waals surface area contributed by atoms with Gasteiger partial charge < -0.3 is 14.4 Å². The number of carboxylic acid groups (broad SMARTS) is 1. The molecule has 1 saturated heterocycles. The van der Waals surface area contributed by atoms with Crippen molar-refractivity contribution in [3.8, 4) is 0 Å². The Morgan fingerprint density at radius 1 is 1.24 bits per heavy atom. The van der Waals surface area contributed by atoms with E-state index in [2.05, 4.69) is 4.90 Å². The lowest BCUT2D eigenvalue weighted by Crippen LogP contribution is -2.47. The molecule has 0 amide bonds. The minimum Gasteiger partial charge on any atom is -0.480 e. The van der Waals surface area contributed by atoms with Crippen LogP contribution in [0.3, 0.4) is 0 Å². The summed E-state index contributed by atoms with van der Waals surface area (Å²) in [5, 5.41) is 10.5. The predicted molar refractivity (Wildman–Crippen MR) is 82.9 cm³/mol. The molecule has 1 aromatic heterocycles. The Morgan fingerprint density at radius 3 is 2.52 bits per heavy atom. The average molecular weight is 311 g/mol. The topological polar surface area (TPSA) is 56.9 Å². The molecule has 1 unspecified atom stereocenters. The number of carbonyl (C=O) groups is 1. The molecule has 3 rings (SSSR count). The van der Waals surface area contributed by atoms with Gasteiger partial charge in [0.25, 0.3) is 0 Å². The van der Waals surface area contributed by atoms with E-state index in [1.54, 1.807) is 0 Å². The summed E-state index contributed by atoms with van der Waals surface area (Å²) in [5.41, 5.74) is 0.739. The molecule has 0 bridgehead atoms. The summed E-state index contributed by atoms with van der Waals surface area (Å²) in [6.07, 6.45) is 0. The molecule has 1 aromatic carbocycles. The number of fused-ring (bicyclic) bond motifs is 1. The SMILES string of the molecule is CN1CCN(C(C(=O)O)c2cc3ccccc3o2)CC1.Cl. The maximum absolute atomic E-state index is 11.6. The first kappa shape index (κ1) is 15.8. The van der Waals surface area contributed by atoms with E-state index in [4.69, 9.17) is 4.42 Å². The molecule has 0 radical (unpaired) electrons. The van der Waals surface area contributed by atoms with Crippen molar-refractivity contribution in [2.24, 2.45) is 0 Å². The summed E-state index contributed by atoms with van der Waals surface area (Å²) < 4.78 is 5.74. The lowest BCUT2D eigenvalue weighted by Gasteiger charge is -2.35. The third-order valence-corrected chi connectivity index (χ3v) is 3.85. The van der Waals surface area contributed by atoms with Crippen LogP contribution in [0.4, 0.5) is 0 Å². The zero-order chi connectivity index (χ0) is 14.1. The Morgan fingerprint density at radius 2 is 1.90 bits per heavy atom. The maximum Gasteiger partial charge on any atom is 0.328 e. The van der Waals surface area contributed by atoms with Crippen LogP contribution in [0.5, 0.6) is 0 Å². The summed E-state index contributed by atoms with van der Waals surface area (Å²) in [6, 6.07) is 8.75. The van der Waals surface area contributed by atoms with Crippen LogP contribution in [0.1, 0.15) is 11.8 Å². The van der Waals surface area contributed by atoms with Gasteiger partial charge in [-0.15, -0.1) is 12.4 Å². The quantitative estimate of drug-likeness (QED) is 0.942. The fraction of sp³-hybridized carbons (Fsp3) is 0.400. The van der Waals surface area contributed by atoms with Crippen LogP contribution in [0, 0.1) is 0 Å². The number of nitrogens with zero attached hydrogens (tertiary/aromatic N) is 2. The Hall–Kier alpha value is -1.56. The number of rotatable bonds is 3. The number of likely N-dealkylation sites (N-methyl/N-ethyl adjacent to an activating group) is 1. The molecule has 6 heteroatoms. The number of benzene rings is 1. The highest BCUT2D eigenvalue weighted by atomic mass is 35.5. The van der Waals surface area contributed by atoms with Gasteiger partial charge in [-0.25, -0.2) is 0 Å². The average Bonchev–Trinajstić information content (AvgIpc) is 2.84. The number of hydrogen-bond acceptors (Lipinski definition) is 4. The molecule has 2 aromatic rings. The van der Waals surface area contributed by atoms with Crippen molar-refractivity contribution in [2.45, 2.75) is 6.04 Å². The third kappa shape index (κ3) is 3.20. The van der Waals surface area contributed by atoms with Gasteiger partial charge in [0.1, 0.15) is 11.3 Å². The summed E-state index contributed by atoms with van der Waals surface area (Å²) in [6.45, 7) is 3.24. The van der Waals surface area contributed by atoms with E-state index in [1.165, 1.54) is 0 Å². The molecular formula is C15H19ClN2O3. The third-order valence-electron chi connectivity index (χ3n) is 3.85. The molecule has 21 heavy (non-hydrogen) atoms. The molecule has 1 aliphatic rings. The molecule has 1 fully saturated rings. The standard InChI is InChI=1S/C15H18N2O3.ClH/c1-16-6-8-17(9-7-16)14(15(18)19)13-10-11-4-2-3-5-12(11)20-13;/h2-5,10,14H,6-9H2,1H3,(H,18,19);1H. The van der Waals surface area contributed by atoms with Crippen molar-refractivity contribution in [1.29, 1.82) is 0 Å². The van der Waals surface area contributed by atoms with Crippen LogP contribution in [0.25, 0.3) is 11.0 Å². The molecule has 1 N–H and O–H groups in total. The van der Waals surface area contributed by atoms with E-state index in [1.807, 2.05) is 42.3 Å². The van der Waals surface area contributed by atoms with E-state index in [9.17, 15) is 9.90 Å². The van der Waals surface area contributed by atoms with Gasteiger partial charge in [-0.1, -0.05) is 18.2 Å². The Labute approximate surface area is 129 Å². The van der Waals surface area contributed by atoms with Crippen molar-refractivity contribution in [1.82, 2.24) is 9.80 Å². The smallest absolute Gasteiger partial charge is 0.328 e. The number of aliphatic carboxylic acids is 1. The molecule has 1 atom stereocenters. The van der Waals surface area contributed by atoms with Gasteiger partial charge in [0.2, 0.25) is 0 Å². The summed E-state index contributed by atoms with van der Waals surface area (Å²) in [4.78, 5) is 15.8. The van der Waals surface area contributed by atoms with E-state index in [-0.39, 0.29) is 12.4 Å². The molecule has 5 nitrogen and oxygen atoms in total. The zero-order valence-corrected chi connectivity index (χ0v) is 12.7. The Kier molecular flexibility index (Phi) is 4.88. The minimum atomic E-state index is -0.853. The molecule has 0 spiro atoms. The van der Waals surface area contributed by atoms with E-state index in [0.29, 0.717) is 5.76 Å². The van der Waals surface area contributed by atoms with Gasteiger partial charge in [0.15, 0.2) is 6.04 Å². The summed E-state index contributed by atoms with van der Waals surface area (Å²) >= 11 is 0. The molecule has 1 aliphatic heterocycles. The fourth-order valence-corrected chi connectivity index (χ4v) is 2.68. The summed E-state index contributed by atoms with van der Waals surface area (Å²) in [5.74, 6) is -0.336. The highest BCUT2D eigenvalue weighted by Gasteiger charge is 2.32. The Balaban J connectivity index is 0.00000161. The molecule has 2 heterocycles. The van der Waals surface area contributed by atoms with Gasteiger partial charge in [0.05, 0.1) is 0 Å². The first-order valence-corrected chi connectivity index (χ1v) is 6.79. The zero-order valence-electron chi connectivity index (χ0n) is 11.9. The van der Waals surface area contributed by atoms with Crippen molar-refractivity contribution in [2.75, 3.05) is 33.2 Å². The number of carboxylic acids is 1. The van der Waals surface area contributed by atoms with Crippen molar-refractivity contribution in [3.63, 3.8) is 0 Å². The van der Waals surface area contributed by atoms with Gasteiger partial charge in [-0.3, -0.25) is 9.69 Å². The normalized spacial score (nSPS) is 18.3. The highest BCUT2D eigenvalue weighted by Crippen LogP contribution is 2.28. The van der Waals surface area contributed by atoms with Gasteiger partial charge in [-0.05, 0) is 19.2 Å². The van der Waals surface area contributed by atoms with Crippen molar-refractivity contribution >= 4 is 29.3 Å². The first-order chi connectivity index (χ1) is 9.65. The summed E-state index contributed by atoms with van der Waals surface area (Å²) in [7, 11) is 2.05. The van der Waals surface area contributed by atoms with Crippen molar-refractivity contribution < 1.29 is 14.3 Å². The van der Waals surface area contributed by atoms with Crippen molar-refractivity contribution in [3.05, 3.63) is 36.1 Å². The number of furan rings is 1. The number of piperazine rings is 1. The molecular weight excluding hydrogens is 292 g/mol. The van der Waals surface area contributed by atoms with Crippen LogP contribution >= 0.6 is 12.4 Å². The van der Waals surface area contributed by atoms with Gasteiger partial charge in [0, 0.05) is 31.6 Å².